The van der Waals surface area contributed by atoms with Crippen molar-refractivity contribution in [3.63, 3.8) is 0 Å². The standard InChI is InChI=1S/C19H23N3O3/c1-14-12-17(21-25-14)20-18(23)13-22(16-10-6-3-7-11-16)19(24)15-8-4-2-5-9-15/h2,4-5,8-9,12,16H,3,6-7,10-11,13H2,1H3,(H,20,21,23). The molecular formula is C19H23N3O3. The molecule has 1 aliphatic rings. The van der Waals surface area contributed by atoms with Gasteiger partial charge in [-0.25, -0.2) is 0 Å². The summed E-state index contributed by atoms with van der Waals surface area (Å²) in [5.74, 6) is 0.639. The molecule has 1 saturated carbocycles. The molecule has 1 N–H and O–H groups in total. The van der Waals surface area contributed by atoms with Gasteiger partial charge in [-0.1, -0.05) is 42.6 Å². The summed E-state index contributed by atoms with van der Waals surface area (Å²) in [7, 11) is 0. The van der Waals surface area contributed by atoms with E-state index in [1.54, 1.807) is 30.0 Å². The van der Waals surface area contributed by atoms with Gasteiger partial charge in [-0.05, 0) is 31.9 Å². The first-order valence-electron chi connectivity index (χ1n) is 8.72. The molecule has 6 nitrogen and oxygen atoms in total. The van der Waals surface area contributed by atoms with E-state index in [4.69, 9.17) is 4.52 Å². The molecule has 132 valence electrons. The number of nitrogens with zero attached hydrogens (tertiary/aromatic N) is 2. The van der Waals surface area contributed by atoms with Crippen LogP contribution in [-0.2, 0) is 4.79 Å². The highest BCUT2D eigenvalue weighted by Gasteiger charge is 2.28. The molecule has 1 fully saturated rings. The van der Waals surface area contributed by atoms with Crippen LogP contribution in [0.2, 0.25) is 0 Å². The van der Waals surface area contributed by atoms with Gasteiger partial charge < -0.3 is 14.7 Å². The lowest BCUT2D eigenvalue weighted by Gasteiger charge is -2.34. The summed E-state index contributed by atoms with van der Waals surface area (Å²) in [6.07, 6.45) is 5.25. The summed E-state index contributed by atoms with van der Waals surface area (Å²) >= 11 is 0. The fraction of sp³-hybridized carbons (Fsp3) is 0.421. The molecule has 0 atom stereocenters. The average molecular weight is 341 g/mol. The Kier molecular flexibility index (Phi) is 5.48. The molecule has 0 aliphatic heterocycles. The van der Waals surface area contributed by atoms with Gasteiger partial charge in [0.15, 0.2) is 5.82 Å². The maximum Gasteiger partial charge on any atom is 0.254 e. The van der Waals surface area contributed by atoms with Crippen molar-refractivity contribution in [2.24, 2.45) is 0 Å². The zero-order chi connectivity index (χ0) is 17.6. The average Bonchev–Trinajstić information content (AvgIpc) is 3.05. The Morgan fingerprint density at radius 3 is 2.56 bits per heavy atom. The lowest BCUT2D eigenvalue weighted by atomic mass is 9.93. The first-order valence-corrected chi connectivity index (χ1v) is 8.72. The van der Waals surface area contributed by atoms with Crippen molar-refractivity contribution >= 4 is 17.6 Å². The summed E-state index contributed by atoms with van der Waals surface area (Å²) in [5.41, 5.74) is 0.609. The van der Waals surface area contributed by atoms with Gasteiger partial charge in [0.05, 0.1) is 0 Å². The van der Waals surface area contributed by atoms with E-state index in [1.165, 1.54) is 6.42 Å². The number of anilines is 1. The number of amides is 2. The molecule has 6 heteroatoms. The Labute approximate surface area is 147 Å². The molecule has 3 rings (SSSR count). The van der Waals surface area contributed by atoms with Crippen LogP contribution in [0, 0.1) is 6.92 Å². The van der Waals surface area contributed by atoms with Gasteiger partial charge in [-0.3, -0.25) is 9.59 Å². The summed E-state index contributed by atoms with van der Waals surface area (Å²) in [4.78, 5) is 27.1. The molecule has 0 spiro atoms. The lowest BCUT2D eigenvalue weighted by Crippen LogP contribution is -2.45. The van der Waals surface area contributed by atoms with Crippen LogP contribution in [0.1, 0.15) is 48.2 Å². The Hall–Kier alpha value is -2.63. The van der Waals surface area contributed by atoms with Crippen molar-refractivity contribution in [1.29, 1.82) is 0 Å². The van der Waals surface area contributed by atoms with E-state index in [0.717, 1.165) is 25.7 Å². The minimum Gasteiger partial charge on any atom is -0.360 e. The van der Waals surface area contributed by atoms with Gasteiger partial charge >= 0.3 is 0 Å². The van der Waals surface area contributed by atoms with Crippen molar-refractivity contribution in [2.75, 3.05) is 11.9 Å². The Bertz CT molecular complexity index is 721. The predicted octanol–water partition coefficient (Wildman–Crippen LogP) is 3.40. The molecule has 25 heavy (non-hydrogen) atoms. The number of carbonyl (C=O) groups is 2. The van der Waals surface area contributed by atoms with Crippen LogP contribution in [0.25, 0.3) is 0 Å². The van der Waals surface area contributed by atoms with E-state index in [2.05, 4.69) is 10.5 Å². The van der Waals surface area contributed by atoms with E-state index in [9.17, 15) is 9.59 Å². The second kappa shape index (κ2) is 7.96. The topological polar surface area (TPSA) is 75.4 Å². The zero-order valence-electron chi connectivity index (χ0n) is 14.4. The molecular weight excluding hydrogens is 318 g/mol. The summed E-state index contributed by atoms with van der Waals surface area (Å²) in [6, 6.07) is 10.9. The second-order valence-corrected chi connectivity index (χ2v) is 6.46. The van der Waals surface area contributed by atoms with Gasteiger partial charge in [-0.2, -0.15) is 0 Å². The highest BCUT2D eigenvalue weighted by molar-refractivity contribution is 5.99. The molecule has 1 aromatic heterocycles. The molecule has 1 heterocycles. The third-order valence-electron chi connectivity index (χ3n) is 4.51. The maximum absolute atomic E-state index is 12.9. The Balaban J connectivity index is 1.73. The third-order valence-corrected chi connectivity index (χ3v) is 4.51. The molecule has 0 radical (unpaired) electrons. The first-order chi connectivity index (χ1) is 12.1. The van der Waals surface area contributed by atoms with Crippen LogP contribution >= 0.6 is 0 Å². The quantitative estimate of drug-likeness (QED) is 0.904. The van der Waals surface area contributed by atoms with E-state index in [1.807, 2.05) is 18.2 Å². The molecule has 0 saturated heterocycles. The maximum atomic E-state index is 12.9. The normalized spacial score (nSPS) is 14.9. The van der Waals surface area contributed by atoms with Crippen molar-refractivity contribution < 1.29 is 14.1 Å². The number of nitrogens with one attached hydrogen (secondary N) is 1. The van der Waals surface area contributed by atoms with E-state index in [-0.39, 0.29) is 24.4 Å². The van der Waals surface area contributed by atoms with Crippen LogP contribution in [0.3, 0.4) is 0 Å². The SMILES string of the molecule is Cc1cc(NC(=O)CN(C(=O)c2ccccc2)C2CCCCC2)no1. The van der Waals surface area contributed by atoms with Crippen LogP contribution in [0.5, 0.6) is 0 Å². The van der Waals surface area contributed by atoms with Crippen molar-refractivity contribution in [3.05, 3.63) is 47.7 Å². The second-order valence-electron chi connectivity index (χ2n) is 6.46. The van der Waals surface area contributed by atoms with Gasteiger partial charge in [0.2, 0.25) is 5.91 Å². The summed E-state index contributed by atoms with van der Waals surface area (Å²) < 4.78 is 4.96. The fourth-order valence-electron chi connectivity index (χ4n) is 3.27. The van der Waals surface area contributed by atoms with Crippen LogP contribution in [0.15, 0.2) is 40.9 Å². The monoisotopic (exact) mass is 341 g/mol. The fourth-order valence-corrected chi connectivity index (χ4v) is 3.27. The molecule has 0 unspecified atom stereocenters. The lowest BCUT2D eigenvalue weighted by molar-refractivity contribution is -0.117. The number of hydrogen-bond donors (Lipinski definition) is 1. The number of aryl methyl sites for hydroxylation is 1. The largest absolute Gasteiger partial charge is 0.360 e. The van der Waals surface area contributed by atoms with Gasteiger partial charge in [0.1, 0.15) is 12.3 Å². The van der Waals surface area contributed by atoms with Gasteiger partial charge in [0.25, 0.3) is 5.91 Å². The van der Waals surface area contributed by atoms with Crippen molar-refractivity contribution in [1.82, 2.24) is 10.1 Å². The number of carbonyl (C=O) groups excluding carboxylic acids is 2. The van der Waals surface area contributed by atoms with E-state index < -0.39 is 0 Å². The number of hydrogen-bond acceptors (Lipinski definition) is 4. The van der Waals surface area contributed by atoms with Crippen molar-refractivity contribution in [2.45, 2.75) is 45.1 Å². The third kappa shape index (κ3) is 4.47. The molecule has 2 aromatic rings. The van der Waals surface area contributed by atoms with E-state index in [0.29, 0.717) is 17.1 Å². The number of benzene rings is 1. The minimum atomic E-state index is -0.261. The smallest absolute Gasteiger partial charge is 0.254 e. The van der Waals surface area contributed by atoms with Crippen LogP contribution < -0.4 is 5.32 Å². The number of rotatable bonds is 5. The van der Waals surface area contributed by atoms with Crippen LogP contribution in [-0.4, -0.2) is 34.5 Å². The first kappa shape index (κ1) is 17.2. The highest BCUT2D eigenvalue weighted by atomic mass is 16.5. The van der Waals surface area contributed by atoms with E-state index >= 15 is 0 Å². The van der Waals surface area contributed by atoms with Gasteiger partial charge in [-0.15, -0.1) is 0 Å². The number of aromatic nitrogens is 1. The Morgan fingerprint density at radius 1 is 1.20 bits per heavy atom. The highest BCUT2D eigenvalue weighted by Crippen LogP contribution is 2.24. The zero-order valence-corrected chi connectivity index (χ0v) is 14.4. The van der Waals surface area contributed by atoms with Crippen LogP contribution in [0.4, 0.5) is 5.82 Å². The molecule has 1 aliphatic carbocycles. The minimum absolute atomic E-state index is 0.0182. The van der Waals surface area contributed by atoms with Crippen molar-refractivity contribution in [3.8, 4) is 0 Å². The molecule has 0 bridgehead atoms. The predicted molar refractivity (Wildman–Crippen MR) is 94.2 cm³/mol. The summed E-state index contributed by atoms with van der Waals surface area (Å²) in [6.45, 7) is 1.78. The molecule has 2 amide bonds. The Morgan fingerprint density at radius 2 is 1.92 bits per heavy atom. The van der Waals surface area contributed by atoms with Gasteiger partial charge in [0, 0.05) is 17.7 Å². The molecule has 1 aromatic carbocycles. The summed E-state index contributed by atoms with van der Waals surface area (Å²) in [5, 5.41) is 6.47.